The van der Waals surface area contributed by atoms with Crippen molar-refractivity contribution in [1.82, 2.24) is 9.78 Å². The van der Waals surface area contributed by atoms with Crippen molar-refractivity contribution in [2.45, 2.75) is 19.5 Å². The molecule has 1 atom stereocenters. The van der Waals surface area contributed by atoms with Gasteiger partial charge in [-0.05, 0) is 12.5 Å². The van der Waals surface area contributed by atoms with Crippen LogP contribution in [0.1, 0.15) is 29.0 Å². The average molecular weight is 264 g/mol. The topological polar surface area (TPSA) is 60.9 Å². The van der Waals surface area contributed by atoms with E-state index in [2.05, 4.69) is 5.10 Å². The number of ketones is 1. The van der Waals surface area contributed by atoms with Gasteiger partial charge in [-0.3, -0.25) is 9.48 Å². The molecule has 94 valence electrons. The molecule has 18 heavy (non-hydrogen) atoms. The number of aryl methyl sites for hydroxylation is 1. The van der Waals surface area contributed by atoms with Crippen molar-refractivity contribution >= 4 is 17.4 Å². The monoisotopic (exact) mass is 263 g/mol. The molecule has 0 saturated heterocycles. The zero-order chi connectivity index (χ0) is 13.1. The lowest BCUT2D eigenvalue weighted by molar-refractivity contribution is 0.0951. The molecule has 4 nitrogen and oxygen atoms in total. The zero-order valence-electron chi connectivity index (χ0n) is 10.0. The molecule has 0 radical (unpaired) electrons. The van der Waals surface area contributed by atoms with E-state index in [1.807, 2.05) is 37.3 Å². The summed E-state index contributed by atoms with van der Waals surface area (Å²) < 4.78 is 1.56. The summed E-state index contributed by atoms with van der Waals surface area (Å²) in [5.41, 5.74) is 7.11. The summed E-state index contributed by atoms with van der Waals surface area (Å²) in [7, 11) is 0. The molecule has 0 amide bonds. The van der Waals surface area contributed by atoms with Crippen LogP contribution in [0.15, 0.2) is 36.5 Å². The Balaban J connectivity index is 2.34. The Morgan fingerprint density at radius 1 is 1.44 bits per heavy atom. The summed E-state index contributed by atoms with van der Waals surface area (Å²) in [6.45, 7) is 2.48. The number of carbonyl (C=O) groups is 1. The Labute approximate surface area is 110 Å². The third-order valence-electron chi connectivity index (χ3n) is 2.77. The van der Waals surface area contributed by atoms with Gasteiger partial charge in [-0.2, -0.15) is 5.10 Å². The fraction of sp³-hybridized carbons (Fsp3) is 0.231. The Hall–Kier alpha value is -1.65. The highest BCUT2D eigenvalue weighted by Crippen LogP contribution is 2.22. The summed E-state index contributed by atoms with van der Waals surface area (Å²) in [5, 5.41) is 4.38. The fourth-order valence-corrected chi connectivity index (χ4v) is 2.04. The number of aromatic nitrogens is 2. The molecule has 1 unspecified atom stereocenters. The lowest BCUT2D eigenvalue weighted by Gasteiger charge is -2.12. The highest BCUT2D eigenvalue weighted by Gasteiger charge is 2.23. The second-order valence-electron chi connectivity index (χ2n) is 3.91. The van der Waals surface area contributed by atoms with Crippen molar-refractivity contribution in [3.63, 3.8) is 0 Å². The summed E-state index contributed by atoms with van der Waals surface area (Å²) in [4.78, 5) is 12.3. The first kappa shape index (κ1) is 12.8. The quantitative estimate of drug-likeness (QED) is 0.862. The molecule has 0 bridgehead atoms. The Morgan fingerprint density at radius 3 is 2.72 bits per heavy atom. The van der Waals surface area contributed by atoms with Crippen LogP contribution in [0.5, 0.6) is 0 Å². The van der Waals surface area contributed by atoms with E-state index >= 15 is 0 Å². The predicted octanol–water partition coefficient (Wildman–Crippen LogP) is 2.44. The van der Waals surface area contributed by atoms with Crippen LogP contribution in [0.25, 0.3) is 0 Å². The normalized spacial score (nSPS) is 12.4. The molecule has 2 aromatic rings. The first-order chi connectivity index (χ1) is 8.65. The maximum atomic E-state index is 12.3. The van der Waals surface area contributed by atoms with Gasteiger partial charge in [0.1, 0.15) is 5.69 Å². The van der Waals surface area contributed by atoms with E-state index in [1.54, 1.807) is 4.68 Å². The van der Waals surface area contributed by atoms with Crippen molar-refractivity contribution in [3.8, 4) is 0 Å². The molecule has 2 rings (SSSR count). The smallest absolute Gasteiger partial charge is 0.203 e. The third-order valence-corrected chi connectivity index (χ3v) is 3.05. The van der Waals surface area contributed by atoms with Crippen molar-refractivity contribution in [2.24, 2.45) is 5.73 Å². The number of halogens is 1. The minimum absolute atomic E-state index is 0.217. The van der Waals surface area contributed by atoms with Gasteiger partial charge >= 0.3 is 0 Å². The highest BCUT2D eigenvalue weighted by atomic mass is 35.5. The molecule has 0 aliphatic rings. The molecule has 0 fully saturated rings. The SMILES string of the molecule is CCn1ncc(Cl)c1C(=O)C(N)c1ccccc1. The number of hydrogen-bond donors (Lipinski definition) is 1. The molecule has 0 saturated carbocycles. The van der Waals surface area contributed by atoms with Crippen molar-refractivity contribution < 1.29 is 4.79 Å². The fourth-order valence-electron chi connectivity index (χ4n) is 1.81. The molecule has 5 heteroatoms. The number of carbonyl (C=O) groups excluding carboxylic acids is 1. The minimum atomic E-state index is -0.717. The maximum Gasteiger partial charge on any atom is 0.203 e. The van der Waals surface area contributed by atoms with Gasteiger partial charge in [0.15, 0.2) is 0 Å². The number of benzene rings is 1. The van der Waals surface area contributed by atoms with Gasteiger partial charge in [-0.1, -0.05) is 41.9 Å². The van der Waals surface area contributed by atoms with E-state index < -0.39 is 6.04 Å². The van der Waals surface area contributed by atoms with Gasteiger partial charge in [-0.25, -0.2) is 0 Å². The first-order valence-electron chi connectivity index (χ1n) is 5.71. The van der Waals surface area contributed by atoms with E-state index in [-0.39, 0.29) is 5.78 Å². The molecule has 0 aliphatic carbocycles. The lowest BCUT2D eigenvalue weighted by Crippen LogP contribution is -2.24. The molecule has 0 spiro atoms. The standard InChI is InChI=1S/C13H14ClN3O/c1-2-17-12(10(14)8-16-17)13(18)11(15)9-6-4-3-5-7-9/h3-8,11H,2,15H2,1H3. The number of nitrogens with zero attached hydrogens (tertiary/aromatic N) is 2. The van der Waals surface area contributed by atoms with E-state index in [1.165, 1.54) is 6.20 Å². The van der Waals surface area contributed by atoms with E-state index in [9.17, 15) is 4.79 Å². The molecule has 0 aliphatic heterocycles. The van der Waals surface area contributed by atoms with Crippen LogP contribution in [0.4, 0.5) is 0 Å². The van der Waals surface area contributed by atoms with Gasteiger partial charge in [0.25, 0.3) is 0 Å². The molecule has 1 heterocycles. The van der Waals surface area contributed by atoms with Gasteiger partial charge in [0, 0.05) is 6.54 Å². The number of Topliss-reactive ketones (excluding diaryl/α,β-unsaturated/α-hetero) is 1. The molecule has 1 aromatic heterocycles. The molecule has 2 N–H and O–H groups in total. The summed E-state index contributed by atoms with van der Waals surface area (Å²) in [5.74, 6) is -0.217. The number of nitrogens with two attached hydrogens (primary N) is 1. The second-order valence-corrected chi connectivity index (χ2v) is 4.32. The van der Waals surface area contributed by atoms with Crippen LogP contribution in [0.2, 0.25) is 5.02 Å². The predicted molar refractivity (Wildman–Crippen MR) is 70.6 cm³/mol. The van der Waals surface area contributed by atoms with Gasteiger partial charge in [0.2, 0.25) is 5.78 Å². The van der Waals surface area contributed by atoms with Gasteiger partial charge in [0.05, 0.1) is 17.3 Å². The summed E-state index contributed by atoms with van der Waals surface area (Å²) in [6, 6.07) is 8.50. The van der Waals surface area contributed by atoms with E-state index in [0.29, 0.717) is 17.3 Å². The largest absolute Gasteiger partial charge is 0.317 e. The van der Waals surface area contributed by atoms with Crippen LogP contribution in [-0.4, -0.2) is 15.6 Å². The summed E-state index contributed by atoms with van der Waals surface area (Å²) in [6.07, 6.45) is 1.47. The molecule has 1 aromatic carbocycles. The Kier molecular flexibility index (Phi) is 3.79. The van der Waals surface area contributed by atoms with Crippen molar-refractivity contribution in [3.05, 3.63) is 52.8 Å². The van der Waals surface area contributed by atoms with Gasteiger partial charge < -0.3 is 5.73 Å². The molecular weight excluding hydrogens is 250 g/mol. The highest BCUT2D eigenvalue weighted by molar-refractivity contribution is 6.33. The molecular formula is C13H14ClN3O. The van der Waals surface area contributed by atoms with Crippen molar-refractivity contribution in [1.29, 1.82) is 0 Å². The van der Waals surface area contributed by atoms with Crippen LogP contribution in [-0.2, 0) is 6.54 Å². The zero-order valence-corrected chi connectivity index (χ0v) is 10.8. The van der Waals surface area contributed by atoms with Crippen LogP contribution < -0.4 is 5.73 Å². The Bertz CT molecular complexity index is 551. The number of hydrogen-bond acceptors (Lipinski definition) is 3. The third kappa shape index (κ3) is 2.30. The first-order valence-corrected chi connectivity index (χ1v) is 6.09. The van der Waals surface area contributed by atoms with Crippen LogP contribution >= 0.6 is 11.6 Å². The average Bonchev–Trinajstić information content (AvgIpc) is 2.79. The van der Waals surface area contributed by atoms with Crippen LogP contribution in [0.3, 0.4) is 0 Å². The van der Waals surface area contributed by atoms with E-state index in [0.717, 1.165) is 5.56 Å². The minimum Gasteiger partial charge on any atom is -0.317 e. The summed E-state index contributed by atoms with van der Waals surface area (Å²) >= 11 is 5.99. The Morgan fingerprint density at radius 2 is 2.11 bits per heavy atom. The van der Waals surface area contributed by atoms with Gasteiger partial charge in [-0.15, -0.1) is 0 Å². The second kappa shape index (κ2) is 5.33. The lowest BCUT2D eigenvalue weighted by atomic mass is 10.0. The maximum absolute atomic E-state index is 12.3. The van der Waals surface area contributed by atoms with Crippen molar-refractivity contribution in [2.75, 3.05) is 0 Å². The van der Waals surface area contributed by atoms with Crippen LogP contribution in [0, 0.1) is 0 Å². The number of rotatable bonds is 4. The van der Waals surface area contributed by atoms with E-state index in [4.69, 9.17) is 17.3 Å².